The molecule has 1 fully saturated rings. The number of morpholine rings is 1. The molecule has 106 valence electrons. The van der Waals surface area contributed by atoms with Crippen molar-refractivity contribution in [1.82, 2.24) is 10.2 Å². The predicted octanol–water partition coefficient (Wildman–Crippen LogP) is 2.20. The summed E-state index contributed by atoms with van der Waals surface area (Å²) in [6.07, 6.45) is 1.13. The van der Waals surface area contributed by atoms with Crippen molar-refractivity contribution in [1.29, 1.82) is 0 Å². The molecule has 1 aromatic carbocycles. The molecule has 1 aliphatic heterocycles. The molecule has 1 atom stereocenters. The average molecular weight is 266 g/mol. The fraction of sp³-hybridized carbons (Fsp3) is 0.600. The number of hydrogen-bond donors (Lipinski definition) is 1. The third kappa shape index (κ3) is 4.90. The lowest BCUT2D eigenvalue weighted by Gasteiger charge is -2.26. The zero-order valence-corrected chi connectivity index (χ0v) is 11.6. The minimum Gasteiger partial charge on any atom is -0.379 e. The van der Waals surface area contributed by atoms with E-state index in [0.717, 1.165) is 51.4 Å². The summed E-state index contributed by atoms with van der Waals surface area (Å²) in [6.45, 7) is 8.03. The molecule has 1 aliphatic rings. The molecular weight excluding hydrogens is 243 g/mol. The number of nitrogens with zero attached hydrogens (tertiary/aromatic N) is 1. The van der Waals surface area contributed by atoms with Gasteiger partial charge in [0, 0.05) is 19.1 Å². The van der Waals surface area contributed by atoms with Crippen molar-refractivity contribution in [2.24, 2.45) is 0 Å². The maximum Gasteiger partial charge on any atom is 0.123 e. The van der Waals surface area contributed by atoms with Gasteiger partial charge in [0.1, 0.15) is 5.82 Å². The molecule has 0 aromatic heterocycles. The van der Waals surface area contributed by atoms with Gasteiger partial charge in [-0.15, -0.1) is 0 Å². The number of nitrogens with one attached hydrogen (secondary N) is 1. The number of halogens is 1. The summed E-state index contributed by atoms with van der Waals surface area (Å²) < 4.78 is 18.2. The largest absolute Gasteiger partial charge is 0.379 e. The van der Waals surface area contributed by atoms with E-state index in [1.807, 2.05) is 12.1 Å². The van der Waals surface area contributed by atoms with E-state index >= 15 is 0 Å². The summed E-state index contributed by atoms with van der Waals surface area (Å²) in [5.74, 6) is -0.178. The second-order valence-corrected chi connectivity index (χ2v) is 5.03. The molecule has 1 saturated heterocycles. The van der Waals surface area contributed by atoms with Gasteiger partial charge >= 0.3 is 0 Å². The smallest absolute Gasteiger partial charge is 0.123 e. The van der Waals surface area contributed by atoms with Crippen LogP contribution in [-0.2, 0) is 4.74 Å². The monoisotopic (exact) mass is 266 g/mol. The predicted molar refractivity (Wildman–Crippen MR) is 74.7 cm³/mol. The summed E-state index contributed by atoms with van der Waals surface area (Å²) in [5.41, 5.74) is 1.13. The van der Waals surface area contributed by atoms with Gasteiger partial charge in [-0.05, 0) is 44.1 Å². The van der Waals surface area contributed by atoms with Crippen molar-refractivity contribution < 1.29 is 9.13 Å². The molecular formula is C15H23FN2O. The highest BCUT2D eigenvalue weighted by molar-refractivity contribution is 5.19. The average Bonchev–Trinajstić information content (AvgIpc) is 2.45. The molecule has 4 heteroatoms. The lowest BCUT2D eigenvalue weighted by atomic mass is 10.1. The summed E-state index contributed by atoms with van der Waals surface area (Å²) in [6, 6.07) is 6.98. The fourth-order valence-corrected chi connectivity index (χ4v) is 2.32. The second-order valence-electron chi connectivity index (χ2n) is 5.03. The van der Waals surface area contributed by atoms with Gasteiger partial charge in [-0.1, -0.05) is 12.1 Å². The molecule has 0 saturated carbocycles. The Bertz CT molecular complexity index is 363. The maximum atomic E-state index is 12.8. The van der Waals surface area contributed by atoms with Gasteiger partial charge in [-0.25, -0.2) is 4.39 Å². The van der Waals surface area contributed by atoms with Crippen LogP contribution in [0.3, 0.4) is 0 Å². The number of benzene rings is 1. The Labute approximate surface area is 114 Å². The quantitative estimate of drug-likeness (QED) is 0.799. The number of hydrogen-bond acceptors (Lipinski definition) is 3. The fourth-order valence-electron chi connectivity index (χ4n) is 2.32. The van der Waals surface area contributed by atoms with Crippen LogP contribution in [0.5, 0.6) is 0 Å². The van der Waals surface area contributed by atoms with Crippen molar-refractivity contribution in [2.75, 3.05) is 39.4 Å². The Morgan fingerprint density at radius 3 is 2.63 bits per heavy atom. The lowest BCUT2D eigenvalue weighted by Crippen LogP contribution is -2.37. The van der Waals surface area contributed by atoms with Crippen LogP contribution >= 0.6 is 0 Å². The first-order valence-electron chi connectivity index (χ1n) is 7.04. The van der Waals surface area contributed by atoms with Gasteiger partial charge in [-0.3, -0.25) is 4.90 Å². The number of ether oxygens (including phenoxy) is 1. The Kier molecular flexibility index (Phi) is 5.76. The normalized spacial score (nSPS) is 18.4. The molecule has 0 spiro atoms. The van der Waals surface area contributed by atoms with E-state index in [0.29, 0.717) is 0 Å². The first-order valence-corrected chi connectivity index (χ1v) is 7.04. The van der Waals surface area contributed by atoms with E-state index in [1.54, 1.807) is 0 Å². The van der Waals surface area contributed by atoms with Gasteiger partial charge < -0.3 is 10.1 Å². The first kappa shape index (κ1) is 14.4. The van der Waals surface area contributed by atoms with Gasteiger partial charge in [-0.2, -0.15) is 0 Å². The van der Waals surface area contributed by atoms with Crippen molar-refractivity contribution in [2.45, 2.75) is 19.4 Å². The Morgan fingerprint density at radius 2 is 1.95 bits per heavy atom. The van der Waals surface area contributed by atoms with Crippen LogP contribution in [0.2, 0.25) is 0 Å². The summed E-state index contributed by atoms with van der Waals surface area (Å²) in [7, 11) is 0. The van der Waals surface area contributed by atoms with Crippen LogP contribution < -0.4 is 5.32 Å². The molecule has 0 amide bonds. The zero-order valence-electron chi connectivity index (χ0n) is 11.6. The first-order chi connectivity index (χ1) is 9.25. The van der Waals surface area contributed by atoms with Crippen molar-refractivity contribution >= 4 is 0 Å². The van der Waals surface area contributed by atoms with Crippen molar-refractivity contribution in [3.8, 4) is 0 Å². The highest BCUT2D eigenvalue weighted by Gasteiger charge is 2.09. The number of rotatable bonds is 6. The van der Waals surface area contributed by atoms with Crippen molar-refractivity contribution in [3.05, 3.63) is 35.6 Å². The molecule has 1 heterocycles. The third-order valence-corrected chi connectivity index (χ3v) is 3.58. The molecule has 1 aromatic rings. The zero-order chi connectivity index (χ0) is 13.5. The van der Waals surface area contributed by atoms with Crippen LogP contribution in [0.1, 0.15) is 24.9 Å². The minimum absolute atomic E-state index is 0.178. The van der Waals surface area contributed by atoms with E-state index in [-0.39, 0.29) is 11.9 Å². The van der Waals surface area contributed by atoms with E-state index in [4.69, 9.17) is 4.74 Å². The van der Waals surface area contributed by atoms with E-state index in [2.05, 4.69) is 17.1 Å². The van der Waals surface area contributed by atoms with Crippen LogP contribution in [0.15, 0.2) is 24.3 Å². The summed E-state index contributed by atoms with van der Waals surface area (Å²) >= 11 is 0. The molecule has 2 rings (SSSR count). The Balaban J connectivity index is 1.63. The van der Waals surface area contributed by atoms with Crippen LogP contribution in [0, 0.1) is 5.82 Å². The van der Waals surface area contributed by atoms with E-state index in [9.17, 15) is 4.39 Å². The lowest BCUT2D eigenvalue weighted by molar-refractivity contribution is 0.0374. The van der Waals surface area contributed by atoms with Gasteiger partial charge in [0.25, 0.3) is 0 Å². The molecule has 3 nitrogen and oxygen atoms in total. The van der Waals surface area contributed by atoms with Crippen molar-refractivity contribution in [3.63, 3.8) is 0 Å². The molecule has 0 bridgehead atoms. The van der Waals surface area contributed by atoms with E-state index in [1.165, 1.54) is 12.1 Å². The SMILES string of the molecule is CC(NCCCN1CCOCC1)c1ccc(F)cc1. The topological polar surface area (TPSA) is 24.5 Å². The maximum absolute atomic E-state index is 12.8. The molecule has 0 aliphatic carbocycles. The summed E-state index contributed by atoms with van der Waals surface area (Å²) in [5, 5.41) is 3.48. The third-order valence-electron chi connectivity index (χ3n) is 3.58. The second kappa shape index (κ2) is 7.58. The summed E-state index contributed by atoms with van der Waals surface area (Å²) in [4.78, 5) is 2.44. The molecule has 19 heavy (non-hydrogen) atoms. The highest BCUT2D eigenvalue weighted by Crippen LogP contribution is 2.12. The van der Waals surface area contributed by atoms with Gasteiger partial charge in [0.05, 0.1) is 13.2 Å². The molecule has 0 radical (unpaired) electrons. The Hall–Kier alpha value is -0.970. The standard InChI is InChI=1S/C15H23FN2O/c1-13(14-3-5-15(16)6-4-14)17-7-2-8-18-9-11-19-12-10-18/h3-6,13,17H,2,7-12H2,1H3. The van der Waals surface area contributed by atoms with Crippen LogP contribution in [-0.4, -0.2) is 44.3 Å². The highest BCUT2D eigenvalue weighted by atomic mass is 19.1. The van der Waals surface area contributed by atoms with Crippen LogP contribution in [0.25, 0.3) is 0 Å². The van der Waals surface area contributed by atoms with Gasteiger partial charge in [0.15, 0.2) is 0 Å². The van der Waals surface area contributed by atoms with Crippen LogP contribution in [0.4, 0.5) is 4.39 Å². The van der Waals surface area contributed by atoms with E-state index < -0.39 is 0 Å². The van der Waals surface area contributed by atoms with Gasteiger partial charge in [0.2, 0.25) is 0 Å². The molecule has 1 N–H and O–H groups in total. The minimum atomic E-state index is -0.178. The Morgan fingerprint density at radius 1 is 1.26 bits per heavy atom. The molecule has 1 unspecified atom stereocenters.